The van der Waals surface area contributed by atoms with Crippen molar-refractivity contribution >= 4 is 5.91 Å². The molecule has 0 spiro atoms. The molecular weight excluding hydrogens is 345 g/mol. The fourth-order valence-electron chi connectivity index (χ4n) is 3.29. The summed E-state index contributed by atoms with van der Waals surface area (Å²) in [6.07, 6.45) is 1.78. The number of carbonyl (C=O) groups is 1. The van der Waals surface area contributed by atoms with Gasteiger partial charge in [0.2, 0.25) is 0 Å². The van der Waals surface area contributed by atoms with Crippen molar-refractivity contribution in [3.05, 3.63) is 77.9 Å². The Hall–Kier alpha value is -3.06. The molecule has 1 amide bonds. The zero-order valence-electron chi connectivity index (χ0n) is 14.8. The molecule has 1 saturated heterocycles. The molecule has 1 aromatic heterocycles. The predicted octanol–water partition coefficient (Wildman–Crippen LogP) is 2.36. The van der Waals surface area contributed by atoms with Crippen molar-refractivity contribution < 1.29 is 9.18 Å². The molecule has 2 heterocycles. The fourth-order valence-corrected chi connectivity index (χ4v) is 3.29. The summed E-state index contributed by atoms with van der Waals surface area (Å²) < 4.78 is 15.2. The second kappa shape index (κ2) is 7.67. The lowest BCUT2D eigenvalue weighted by atomic mass is 10.1. The van der Waals surface area contributed by atoms with E-state index < -0.39 is 0 Å². The number of hydrogen-bond acceptors (Lipinski definition) is 4. The first-order valence-corrected chi connectivity index (χ1v) is 8.93. The summed E-state index contributed by atoms with van der Waals surface area (Å²) >= 11 is 0. The van der Waals surface area contributed by atoms with Gasteiger partial charge in [0.25, 0.3) is 5.91 Å². The van der Waals surface area contributed by atoms with Crippen molar-refractivity contribution in [1.82, 2.24) is 24.8 Å². The second-order valence-electron chi connectivity index (χ2n) is 6.55. The first-order chi connectivity index (χ1) is 13.2. The third-order valence-electron chi connectivity index (χ3n) is 4.74. The number of nitrogens with zero attached hydrogens (tertiary/aromatic N) is 5. The maximum Gasteiger partial charge on any atom is 0.254 e. The highest BCUT2D eigenvalue weighted by Gasteiger charge is 2.23. The molecule has 27 heavy (non-hydrogen) atoms. The Morgan fingerprint density at radius 3 is 2.52 bits per heavy atom. The molecule has 0 unspecified atom stereocenters. The molecule has 0 atom stereocenters. The monoisotopic (exact) mass is 365 g/mol. The second-order valence-corrected chi connectivity index (χ2v) is 6.55. The quantitative estimate of drug-likeness (QED) is 0.712. The molecule has 1 aliphatic rings. The van der Waals surface area contributed by atoms with Crippen LogP contribution in [0.15, 0.2) is 60.8 Å². The number of piperazine rings is 1. The van der Waals surface area contributed by atoms with Crippen molar-refractivity contribution in [3.8, 4) is 5.69 Å². The van der Waals surface area contributed by atoms with Crippen molar-refractivity contribution in [1.29, 1.82) is 0 Å². The lowest BCUT2D eigenvalue weighted by Gasteiger charge is -2.34. The van der Waals surface area contributed by atoms with Crippen LogP contribution in [0.4, 0.5) is 4.39 Å². The number of amides is 1. The van der Waals surface area contributed by atoms with Gasteiger partial charge in [0.15, 0.2) is 0 Å². The molecule has 2 aromatic carbocycles. The molecule has 138 valence electrons. The molecule has 4 rings (SSSR count). The normalized spacial score (nSPS) is 15.1. The smallest absolute Gasteiger partial charge is 0.254 e. The molecule has 0 bridgehead atoms. The highest BCUT2D eigenvalue weighted by Crippen LogP contribution is 2.14. The minimum atomic E-state index is -0.388. The van der Waals surface area contributed by atoms with Crippen LogP contribution < -0.4 is 0 Å². The molecule has 0 aliphatic carbocycles. The summed E-state index contributed by atoms with van der Waals surface area (Å²) in [6, 6.07) is 15.8. The summed E-state index contributed by atoms with van der Waals surface area (Å²) in [6.45, 7) is 3.44. The predicted molar refractivity (Wildman–Crippen MR) is 98.9 cm³/mol. The molecule has 3 aromatic rings. The van der Waals surface area contributed by atoms with Gasteiger partial charge in [-0.05, 0) is 30.3 Å². The van der Waals surface area contributed by atoms with Crippen LogP contribution in [0.5, 0.6) is 0 Å². The van der Waals surface area contributed by atoms with Crippen molar-refractivity contribution in [2.24, 2.45) is 0 Å². The Bertz CT molecular complexity index is 919. The van der Waals surface area contributed by atoms with E-state index in [9.17, 15) is 9.18 Å². The maximum atomic E-state index is 13.4. The molecule has 1 fully saturated rings. The minimum absolute atomic E-state index is 0.120. The molecule has 6 nitrogen and oxygen atoms in total. The fraction of sp³-hybridized carbons (Fsp3) is 0.250. The van der Waals surface area contributed by atoms with Crippen LogP contribution >= 0.6 is 0 Å². The van der Waals surface area contributed by atoms with Gasteiger partial charge in [-0.1, -0.05) is 29.5 Å². The summed E-state index contributed by atoms with van der Waals surface area (Å²) in [7, 11) is 0. The van der Waals surface area contributed by atoms with Gasteiger partial charge < -0.3 is 4.90 Å². The van der Waals surface area contributed by atoms with E-state index >= 15 is 0 Å². The number of hydrogen-bond donors (Lipinski definition) is 0. The van der Waals surface area contributed by atoms with Gasteiger partial charge in [-0.3, -0.25) is 9.69 Å². The van der Waals surface area contributed by atoms with Gasteiger partial charge >= 0.3 is 0 Å². The van der Waals surface area contributed by atoms with Crippen molar-refractivity contribution in [2.75, 3.05) is 26.2 Å². The molecule has 1 aliphatic heterocycles. The molecular formula is C20H20FN5O. The third-order valence-corrected chi connectivity index (χ3v) is 4.74. The molecule has 0 saturated carbocycles. The first kappa shape index (κ1) is 17.4. The number of carbonyl (C=O) groups excluding carboxylic acids is 1. The van der Waals surface area contributed by atoms with E-state index in [1.165, 1.54) is 12.1 Å². The number of halogens is 1. The van der Waals surface area contributed by atoms with Crippen molar-refractivity contribution in [2.45, 2.75) is 6.54 Å². The third kappa shape index (κ3) is 3.88. The van der Waals surface area contributed by atoms with Gasteiger partial charge in [0.1, 0.15) is 5.82 Å². The minimum Gasteiger partial charge on any atom is -0.336 e. The average Bonchev–Trinajstić information content (AvgIpc) is 3.17. The highest BCUT2D eigenvalue weighted by atomic mass is 19.1. The lowest BCUT2D eigenvalue weighted by molar-refractivity contribution is 0.0625. The first-order valence-electron chi connectivity index (χ1n) is 8.93. The molecule has 0 N–H and O–H groups in total. The Labute approximate surface area is 156 Å². The Kier molecular flexibility index (Phi) is 4.93. The van der Waals surface area contributed by atoms with Crippen LogP contribution in [0, 0.1) is 5.82 Å². The standard InChI is InChI=1S/C20H20FN5O/c21-17-6-4-5-16(13-17)20(27)25-11-9-24(10-12-25)15-19-14-22-23-26(19)18-7-2-1-3-8-18/h1-8,13-14H,9-12,15H2. The number of benzene rings is 2. The van der Waals surface area contributed by atoms with Crippen LogP contribution in [-0.4, -0.2) is 56.9 Å². The topological polar surface area (TPSA) is 54.3 Å². The van der Waals surface area contributed by atoms with Gasteiger partial charge in [0.05, 0.1) is 17.6 Å². The van der Waals surface area contributed by atoms with E-state index in [2.05, 4.69) is 15.2 Å². The van der Waals surface area contributed by atoms with E-state index in [1.807, 2.05) is 35.0 Å². The van der Waals surface area contributed by atoms with E-state index in [1.54, 1.807) is 23.2 Å². The van der Waals surface area contributed by atoms with E-state index in [0.29, 0.717) is 25.2 Å². The molecule has 7 heteroatoms. The summed E-state index contributed by atoms with van der Waals surface area (Å²) in [5.74, 6) is -0.508. The summed E-state index contributed by atoms with van der Waals surface area (Å²) in [4.78, 5) is 16.6. The van der Waals surface area contributed by atoms with Gasteiger partial charge in [-0.15, -0.1) is 5.10 Å². The van der Waals surface area contributed by atoms with Gasteiger partial charge in [-0.2, -0.15) is 0 Å². The van der Waals surface area contributed by atoms with Crippen LogP contribution in [0.25, 0.3) is 5.69 Å². The highest BCUT2D eigenvalue weighted by molar-refractivity contribution is 5.94. The number of para-hydroxylation sites is 1. The number of rotatable bonds is 4. The van der Waals surface area contributed by atoms with E-state index in [4.69, 9.17) is 0 Å². The summed E-state index contributed by atoms with van der Waals surface area (Å²) in [5, 5.41) is 8.22. The summed E-state index contributed by atoms with van der Waals surface area (Å²) in [5.41, 5.74) is 2.38. The zero-order valence-corrected chi connectivity index (χ0v) is 14.8. The van der Waals surface area contributed by atoms with Gasteiger partial charge in [0, 0.05) is 38.3 Å². The van der Waals surface area contributed by atoms with E-state index in [-0.39, 0.29) is 11.7 Å². The largest absolute Gasteiger partial charge is 0.336 e. The molecule has 0 radical (unpaired) electrons. The SMILES string of the molecule is O=C(c1cccc(F)c1)N1CCN(Cc2cnnn2-c2ccccc2)CC1. The van der Waals surface area contributed by atoms with Crippen LogP contribution in [0.2, 0.25) is 0 Å². The van der Waals surface area contributed by atoms with Gasteiger partial charge in [-0.25, -0.2) is 9.07 Å². The van der Waals surface area contributed by atoms with Crippen LogP contribution in [0.3, 0.4) is 0 Å². The Balaban J connectivity index is 1.38. The average molecular weight is 365 g/mol. The number of aromatic nitrogens is 3. The van der Waals surface area contributed by atoms with Crippen LogP contribution in [0.1, 0.15) is 16.1 Å². The lowest BCUT2D eigenvalue weighted by Crippen LogP contribution is -2.48. The van der Waals surface area contributed by atoms with E-state index in [0.717, 1.165) is 24.5 Å². The zero-order chi connectivity index (χ0) is 18.6. The van der Waals surface area contributed by atoms with Crippen molar-refractivity contribution in [3.63, 3.8) is 0 Å². The maximum absolute atomic E-state index is 13.4. The Morgan fingerprint density at radius 2 is 1.78 bits per heavy atom. The van der Waals surface area contributed by atoms with Crippen LogP contribution in [-0.2, 0) is 6.54 Å². The Morgan fingerprint density at radius 1 is 1.00 bits per heavy atom.